The van der Waals surface area contributed by atoms with Gasteiger partial charge in [0.15, 0.2) is 0 Å². The summed E-state index contributed by atoms with van der Waals surface area (Å²) in [6, 6.07) is 2.91. The lowest BCUT2D eigenvalue weighted by atomic mass is 10.1. The normalized spacial score (nSPS) is 20.9. The van der Waals surface area contributed by atoms with E-state index in [0.717, 1.165) is 13.1 Å². The van der Waals surface area contributed by atoms with Gasteiger partial charge in [0.1, 0.15) is 0 Å². The van der Waals surface area contributed by atoms with Crippen molar-refractivity contribution in [2.45, 2.75) is 19.4 Å². The van der Waals surface area contributed by atoms with Gasteiger partial charge in [0, 0.05) is 32.2 Å². The summed E-state index contributed by atoms with van der Waals surface area (Å²) in [4.78, 5) is 2.60. The molecule has 1 unspecified atom stereocenters. The van der Waals surface area contributed by atoms with Gasteiger partial charge in [-0.25, -0.2) is 0 Å². The minimum absolute atomic E-state index is 0.642. The van der Waals surface area contributed by atoms with Gasteiger partial charge in [0.2, 0.25) is 0 Å². The minimum atomic E-state index is 0.642. The van der Waals surface area contributed by atoms with Gasteiger partial charge in [-0.1, -0.05) is 6.92 Å². The third kappa shape index (κ3) is 2.16. The molecule has 0 saturated carbocycles. The molecule has 1 N–H and O–H groups in total. The first-order valence-corrected chi connectivity index (χ1v) is 6.33. The molecular formula is C11H18N2S. The monoisotopic (exact) mass is 210 g/mol. The van der Waals surface area contributed by atoms with Crippen LogP contribution in [0.5, 0.6) is 0 Å². The lowest BCUT2D eigenvalue weighted by Gasteiger charge is -2.34. The molecule has 1 aliphatic rings. The summed E-state index contributed by atoms with van der Waals surface area (Å²) in [6.45, 7) is 6.94. The first-order valence-electron chi connectivity index (χ1n) is 5.38. The fourth-order valence-corrected chi connectivity index (χ4v) is 2.87. The maximum absolute atomic E-state index is 3.40. The molecule has 1 aromatic rings. The minimum Gasteiger partial charge on any atom is -0.314 e. The van der Waals surface area contributed by atoms with Crippen LogP contribution in [0, 0.1) is 0 Å². The number of nitrogens with one attached hydrogen (secondary N) is 1. The van der Waals surface area contributed by atoms with Gasteiger partial charge in [-0.15, -0.1) is 0 Å². The summed E-state index contributed by atoms with van der Waals surface area (Å²) in [6.07, 6.45) is 1.22. The zero-order valence-electron chi connectivity index (χ0n) is 8.70. The van der Waals surface area contributed by atoms with Crippen LogP contribution in [0.15, 0.2) is 16.8 Å². The van der Waals surface area contributed by atoms with Gasteiger partial charge in [-0.05, 0) is 28.8 Å². The SMILES string of the molecule is CCC(c1ccsc1)N1CCNCC1. The smallest absolute Gasteiger partial charge is 0.0354 e. The molecule has 1 aromatic heterocycles. The van der Waals surface area contributed by atoms with Crippen molar-refractivity contribution in [2.24, 2.45) is 0 Å². The average Bonchev–Trinajstić information content (AvgIpc) is 2.74. The van der Waals surface area contributed by atoms with Crippen molar-refractivity contribution in [3.8, 4) is 0 Å². The van der Waals surface area contributed by atoms with Crippen LogP contribution in [-0.4, -0.2) is 31.1 Å². The first-order chi connectivity index (χ1) is 6.92. The maximum atomic E-state index is 3.40. The van der Waals surface area contributed by atoms with Gasteiger partial charge in [0.25, 0.3) is 0 Å². The van der Waals surface area contributed by atoms with Crippen LogP contribution in [0.25, 0.3) is 0 Å². The van der Waals surface area contributed by atoms with Crippen LogP contribution in [0.1, 0.15) is 24.9 Å². The van der Waals surface area contributed by atoms with E-state index >= 15 is 0 Å². The Morgan fingerprint density at radius 2 is 2.29 bits per heavy atom. The van der Waals surface area contributed by atoms with E-state index in [1.54, 1.807) is 11.3 Å². The van der Waals surface area contributed by atoms with Gasteiger partial charge in [-0.3, -0.25) is 4.90 Å². The lowest BCUT2D eigenvalue weighted by molar-refractivity contribution is 0.170. The van der Waals surface area contributed by atoms with Gasteiger partial charge in [-0.2, -0.15) is 11.3 Å². The van der Waals surface area contributed by atoms with Gasteiger partial charge < -0.3 is 5.32 Å². The predicted molar refractivity (Wildman–Crippen MR) is 61.8 cm³/mol. The molecule has 0 bridgehead atoms. The standard InChI is InChI=1S/C11H18N2S/c1-2-11(10-3-8-14-9-10)13-6-4-12-5-7-13/h3,8-9,11-12H,2,4-7H2,1H3. The second-order valence-corrected chi connectivity index (χ2v) is 4.55. The van der Waals surface area contributed by atoms with Crippen molar-refractivity contribution in [3.05, 3.63) is 22.4 Å². The molecular weight excluding hydrogens is 192 g/mol. The molecule has 3 heteroatoms. The molecule has 0 amide bonds. The highest BCUT2D eigenvalue weighted by atomic mass is 32.1. The van der Waals surface area contributed by atoms with E-state index in [9.17, 15) is 0 Å². The molecule has 1 fully saturated rings. The third-order valence-electron chi connectivity index (χ3n) is 2.91. The van der Waals surface area contributed by atoms with Gasteiger partial charge >= 0.3 is 0 Å². The van der Waals surface area contributed by atoms with Crippen molar-refractivity contribution >= 4 is 11.3 Å². The van der Waals surface area contributed by atoms with Crippen LogP contribution in [-0.2, 0) is 0 Å². The Balaban J connectivity index is 2.04. The van der Waals surface area contributed by atoms with Crippen molar-refractivity contribution < 1.29 is 0 Å². The molecule has 0 spiro atoms. The van der Waals surface area contributed by atoms with E-state index in [0.29, 0.717) is 6.04 Å². The highest BCUT2D eigenvalue weighted by Gasteiger charge is 2.20. The number of thiophene rings is 1. The Labute approximate surface area is 89.9 Å². The Kier molecular flexibility index (Phi) is 3.56. The molecule has 2 rings (SSSR count). The van der Waals surface area contributed by atoms with E-state index in [-0.39, 0.29) is 0 Å². The van der Waals surface area contributed by atoms with Crippen LogP contribution < -0.4 is 5.32 Å². The molecule has 2 nitrogen and oxygen atoms in total. The third-order valence-corrected chi connectivity index (χ3v) is 3.61. The van der Waals surface area contributed by atoms with Crippen LogP contribution in [0.2, 0.25) is 0 Å². The molecule has 78 valence electrons. The number of nitrogens with zero attached hydrogens (tertiary/aromatic N) is 1. The Bertz CT molecular complexity index is 252. The van der Waals surface area contributed by atoms with Gasteiger partial charge in [0.05, 0.1) is 0 Å². The Morgan fingerprint density at radius 1 is 1.50 bits per heavy atom. The predicted octanol–water partition coefficient (Wildman–Crippen LogP) is 2.10. The van der Waals surface area contributed by atoms with E-state index in [1.165, 1.54) is 25.1 Å². The Morgan fingerprint density at radius 3 is 2.86 bits per heavy atom. The second-order valence-electron chi connectivity index (χ2n) is 3.77. The molecule has 1 atom stereocenters. The molecule has 0 aromatic carbocycles. The summed E-state index contributed by atoms with van der Waals surface area (Å²) in [5.41, 5.74) is 1.50. The summed E-state index contributed by atoms with van der Waals surface area (Å²) >= 11 is 1.80. The summed E-state index contributed by atoms with van der Waals surface area (Å²) < 4.78 is 0. The highest BCUT2D eigenvalue weighted by Crippen LogP contribution is 2.25. The molecule has 0 radical (unpaired) electrons. The fourth-order valence-electron chi connectivity index (χ4n) is 2.16. The summed E-state index contributed by atoms with van der Waals surface area (Å²) in [7, 11) is 0. The van der Waals surface area contributed by atoms with Crippen molar-refractivity contribution in [1.82, 2.24) is 10.2 Å². The molecule has 1 aliphatic heterocycles. The Hall–Kier alpha value is -0.380. The van der Waals surface area contributed by atoms with Crippen molar-refractivity contribution in [1.29, 1.82) is 0 Å². The van der Waals surface area contributed by atoms with E-state index < -0.39 is 0 Å². The number of hydrogen-bond donors (Lipinski definition) is 1. The first kappa shape index (κ1) is 10.1. The quantitative estimate of drug-likeness (QED) is 0.822. The average molecular weight is 210 g/mol. The molecule has 14 heavy (non-hydrogen) atoms. The lowest BCUT2D eigenvalue weighted by Crippen LogP contribution is -2.44. The second kappa shape index (κ2) is 4.91. The van der Waals surface area contributed by atoms with Crippen LogP contribution in [0.3, 0.4) is 0 Å². The summed E-state index contributed by atoms with van der Waals surface area (Å²) in [5.74, 6) is 0. The van der Waals surface area contributed by atoms with E-state index in [2.05, 4.69) is 34.0 Å². The zero-order chi connectivity index (χ0) is 9.80. The van der Waals surface area contributed by atoms with Crippen molar-refractivity contribution in [3.63, 3.8) is 0 Å². The van der Waals surface area contributed by atoms with Crippen LogP contribution >= 0.6 is 11.3 Å². The van der Waals surface area contributed by atoms with Crippen LogP contribution in [0.4, 0.5) is 0 Å². The van der Waals surface area contributed by atoms with E-state index in [4.69, 9.17) is 0 Å². The van der Waals surface area contributed by atoms with Crippen molar-refractivity contribution in [2.75, 3.05) is 26.2 Å². The molecule has 2 heterocycles. The largest absolute Gasteiger partial charge is 0.314 e. The van der Waals surface area contributed by atoms with E-state index in [1.807, 2.05) is 0 Å². The molecule has 1 saturated heterocycles. The number of rotatable bonds is 3. The summed E-state index contributed by atoms with van der Waals surface area (Å²) in [5, 5.41) is 7.87. The zero-order valence-corrected chi connectivity index (χ0v) is 9.52. The topological polar surface area (TPSA) is 15.3 Å². The maximum Gasteiger partial charge on any atom is 0.0354 e. The highest BCUT2D eigenvalue weighted by molar-refractivity contribution is 7.07. The number of piperazine rings is 1. The fraction of sp³-hybridized carbons (Fsp3) is 0.636. The molecule has 0 aliphatic carbocycles. The number of hydrogen-bond acceptors (Lipinski definition) is 3.